The molecule has 0 spiro atoms. The van der Waals surface area contributed by atoms with Gasteiger partial charge in [0, 0.05) is 27.5 Å². The van der Waals surface area contributed by atoms with E-state index >= 15 is 0 Å². The highest BCUT2D eigenvalue weighted by molar-refractivity contribution is 6.09. The molecular weight excluding hydrogens is 597 g/mol. The molecule has 0 atom stereocenters. The van der Waals surface area contributed by atoms with E-state index in [2.05, 4.69) is 126 Å². The van der Waals surface area contributed by atoms with E-state index in [4.69, 9.17) is 15.0 Å². The van der Waals surface area contributed by atoms with Gasteiger partial charge in [-0.15, -0.1) is 0 Å². The van der Waals surface area contributed by atoms with E-state index in [0.717, 1.165) is 44.5 Å². The molecule has 2 heterocycles. The molecule has 0 saturated heterocycles. The van der Waals surface area contributed by atoms with Gasteiger partial charge in [-0.3, -0.25) is 0 Å². The van der Waals surface area contributed by atoms with Gasteiger partial charge in [-0.05, 0) is 46.5 Å². The second kappa shape index (κ2) is 12.2. The zero-order valence-electron chi connectivity index (χ0n) is 26.6. The lowest BCUT2D eigenvalue weighted by atomic mass is 9.93. The molecule has 0 radical (unpaired) electrons. The lowest BCUT2D eigenvalue weighted by Crippen LogP contribution is -2.04. The molecule has 0 aliphatic heterocycles. The molecule has 9 rings (SSSR count). The summed E-state index contributed by atoms with van der Waals surface area (Å²) in [4.78, 5) is 15.3. The molecular formula is C45H30N4. The number of aromatic nitrogens is 4. The van der Waals surface area contributed by atoms with Crippen LogP contribution in [-0.2, 0) is 0 Å². The minimum atomic E-state index is 0.618. The monoisotopic (exact) mass is 626 g/mol. The van der Waals surface area contributed by atoms with Crippen LogP contribution in [0.2, 0.25) is 0 Å². The Morgan fingerprint density at radius 3 is 1.29 bits per heavy atom. The fraction of sp³-hybridized carbons (Fsp3) is 0. The van der Waals surface area contributed by atoms with Gasteiger partial charge >= 0.3 is 0 Å². The smallest absolute Gasteiger partial charge is 0.166 e. The Labute approximate surface area is 284 Å². The summed E-state index contributed by atoms with van der Waals surface area (Å²) in [6.07, 6.45) is 0. The Bertz CT molecular complexity index is 2480. The van der Waals surface area contributed by atoms with Crippen LogP contribution < -0.4 is 0 Å². The fourth-order valence-electron chi connectivity index (χ4n) is 6.79. The van der Waals surface area contributed by atoms with Crippen LogP contribution in [0.5, 0.6) is 0 Å². The Hall–Kier alpha value is -6.65. The second-order valence-electron chi connectivity index (χ2n) is 12.1. The van der Waals surface area contributed by atoms with Crippen molar-refractivity contribution in [1.82, 2.24) is 19.5 Å². The van der Waals surface area contributed by atoms with E-state index in [1.807, 2.05) is 60.7 Å². The van der Waals surface area contributed by atoms with E-state index in [-0.39, 0.29) is 0 Å². The highest BCUT2D eigenvalue weighted by atomic mass is 15.1. The van der Waals surface area contributed by atoms with Crippen LogP contribution in [0.1, 0.15) is 0 Å². The first kappa shape index (κ1) is 28.6. The summed E-state index contributed by atoms with van der Waals surface area (Å²) in [7, 11) is 0. The normalized spacial score (nSPS) is 11.3. The number of para-hydroxylation sites is 2. The molecule has 0 N–H and O–H groups in total. The lowest BCUT2D eigenvalue weighted by Gasteiger charge is -2.17. The third-order valence-corrected chi connectivity index (χ3v) is 9.08. The average Bonchev–Trinajstić information content (AvgIpc) is 3.53. The minimum absolute atomic E-state index is 0.618. The van der Waals surface area contributed by atoms with Gasteiger partial charge < -0.3 is 4.57 Å². The lowest BCUT2D eigenvalue weighted by molar-refractivity contribution is 1.06. The van der Waals surface area contributed by atoms with Crippen LogP contribution in [0.3, 0.4) is 0 Å². The van der Waals surface area contributed by atoms with E-state index in [0.29, 0.717) is 17.5 Å². The highest BCUT2D eigenvalue weighted by Gasteiger charge is 2.20. The van der Waals surface area contributed by atoms with Crippen LogP contribution >= 0.6 is 0 Å². The molecule has 0 aliphatic rings. The fourth-order valence-corrected chi connectivity index (χ4v) is 6.79. The molecule has 7 aromatic carbocycles. The van der Waals surface area contributed by atoms with Gasteiger partial charge in [-0.25, -0.2) is 15.0 Å². The molecule has 4 nitrogen and oxygen atoms in total. The molecule has 0 unspecified atom stereocenters. The van der Waals surface area contributed by atoms with Crippen LogP contribution in [-0.4, -0.2) is 19.5 Å². The van der Waals surface area contributed by atoms with Gasteiger partial charge in [-0.2, -0.15) is 0 Å². The predicted octanol–water partition coefficient (Wildman–Crippen LogP) is 11.3. The molecule has 0 fully saturated rings. The first-order valence-corrected chi connectivity index (χ1v) is 16.5. The first-order valence-electron chi connectivity index (χ1n) is 16.5. The van der Waals surface area contributed by atoms with Crippen molar-refractivity contribution in [3.8, 4) is 62.1 Å². The Balaban J connectivity index is 1.35. The van der Waals surface area contributed by atoms with Crippen molar-refractivity contribution >= 4 is 21.8 Å². The van der Waals surface area contributed by atoms with Gasteiger partial charge in [0.1, 0.15) is 0 Å². The first-order chi connectivity index (χ1) is 24.3. The van der Waals surface area contributed by atoms with Crippen molar-refractivity contribution in [2.75, 3.05) is 0 Å². The van der Waals surface area contributed by atoms with Crippen molar-refractivity contribution in [3.63, 3.8) is 0 Å². The van der Waals surface area contributed by atoms with Crippen molar-refractivity contribution in [2.45, 2.75) is 0 Å². The topological polar surface area (TPSA) is 43.6 Å². The third-order valence-electron chi connectivity index (χ3n) is 9.08. The van der Waals surface area contributed by atoms with E-state index in [9.17, 15) is 0 Å². The second-order valence-corrected chi connectivity index (χ2v) is 12.1. The van der Waals surface area contributed by atoms with Crippen LogP contribution in [0, 0.1) is 0 Å². The van der Waals surface area contributed by atoms with Gasteiger partial charge in [0.05, 0.1) is 16.7 Å². The van der Waals surface area contributed by atoms with Crippen LogP contribution in [0.4, 0.5) is 0 Å². The predicted molar refractivity (Wildman–Crippen MR) is 201 cm³/mol. The summed E-state index contributed by atoms with van der Waals surface area (Å²) in [6, 6.07) is 63.4. The average molecular weight is 627 g/mol. The number of hydrogen-bond donors (Lipinski definition) is 0. The van der Waals surface area contributed by atoms with Gasteiger partial charge in [-0.1, -0.05) is 158 Å². The van der Waals surface area contributed by atoms with E-state index < -0.39 is 0 Å². The summed E-state index contributed by atoms with van der Waals surface area (Å²) in [5.41, 5.74) is 10.7. The van der Waals surface area contributed by atoms with E-state index in [1.165, 1.54) is 21.9 Å². The largest absolute Gasteiger partial charge is 0.308 e. The van der Waals surface area contributed by atoms with Gasteiger partial charge in [0.2, 0.25) is 0 Å². The number of nitrogens with zero attached hydrogens (tertiary/aromatic N) is 4. The molecule has 230 valence electrons. The van der Waals surface area contributed by atoms with Crippen LogP contribution in [0.15, 0.2) is 182 Å². The maximum absolute atomic E-state index is 5.16. The molecule has 0 bridgehead atoms. The summed E-state index contributed by atoms with van der Waals surface area (Å²) < 4.78 is 2.36. The number of hydrogen-bond acceptors (Lipinski definition) is 3. The molecule has 9 aromatic rings. The van der Waals surface area contributed by atoms with Gasteiger partial charge in [0.15, 0.2) is 17.5 Å². The number of benzene rings is 7. The van der Waals surface area contributed by atoms with Crippen LogP contribution in [0.25, 0.3) is 83.9 Å². The van der Waals surface area contributed by atoms with Crippen molar-refractivity contribution < 1.29 is 0 Å². The Morgan fingerprint density at radius 2 is 0.735 bits per heavy atom. The quantitative estimate of drug-likeness (QED) is 0.184. The van der Waals surface area contributed by atoms with E-state index in [1.54, 1.807) is 0 Å². The van der Waals surface area contributed by atoms with Crippen molar-refractivity contribution in [1.29, 1.82) is 0 Å². The SMILES string of the molecule is c1ccc(-c2nc(-c3ccccc3)nc(-c3ccc(-c4ccccc4-c4ccccc4)cc3-n3c4ccccc4c4ccccc43)n2)cc1. The molecule has 0 aliphatic carbocycles. The summed E-state index contributed by atoms with van der Waals surface area (Å²) in [6.45, 7) is 0. The standard InChI is InChI=1S/C45H30N4/c1-4-16-31(17-5-1)35-22-10-11-23-36(35)34-28-29-39(42(30-34)49-40-26-14-12-24-37(40)38-25-13-15-27-41(38)49)45-47-43(32-18-6-2-7-19-32)46-44(48-45)33-20-8-3-9-21-33/h1-30H. The molecule has 2 aromatic heterocycles. The molecule has 0 amide bonds. The minimum Gasteiger partial charge on any atom is -0.308 e. The third kappa shape index (κ3) is 5.16. The maximum atomic E-state index is 5.16. The van der Waals surface area contributed by atoms with Crippen molar-refractivity contribution in [2.24, 2.45) is 0 Å². The summed E-state index contributed by atoms with van der Waals surface area (Å²) in [5, 5.41) is 2.40. The Kier molecular flexibility index (Phi) is 7.10. The zero-order chi connectivity index (χ0) is 32.6. The maximum Gasteiger partial charge on any atom is 0.166 e. The van der Waals surface area contributed by atoms with Crippen molar-refractivity contribution in [3.05, 3.63) is 182 Å². The summed E-state index contributed by atoms with van der Waals surface area (Å²) in [5.74, 6) is 1.89. The number of fused-ring (bicyclic) bond motifs is 3. The van der Waals surface area contributed by atoms with Gasteiger partial charge in [0.25, 0.3) is 0 Å². The zero-order valence-corrected chi connectivity index (χ0v) is 26.6. The Morgan fingerprint density at radius 1 is 0.306 bits per heavy atom. The molecule has 49 heavy (non-hydrogen) atoms. The molecule has 4 heteroatoms. The number of rotatable bonds is 6. The highest BCUT2D eigenvalue weighted by Crippen LogP contribution is 2.40. The molecule has 0 saturated carbocycles. The summed E-state index contributed by atoms with van der Waals surface area (Å²) >= 11 is 0.